The quantitative estimate of drug-likeness (QED) is 0.657. The molecule has 0 saturated carbocycles. The van der Waals surface area contributed by atoms with Gasteiger partial charge < -0.3 is 14.8 Å². The number of rotatable bonds is 7. The van der Waals surface area contributed by atoms with Crippen LogP contribution < -0.4 is 14.8 Å². The zero-order valence-electron chi connectivity index (χ0n) is 17.3. The van der Waals surface area contributed by atoms with Crippen LogP contribution in [0.3, 0.4) is 0 Å². The van der Waals surface area contributed by atoms with Crippen molar-refractivity contribution < 1.29 is 14.3 Å². The second-order valence-corrected chi connectivity index (χ2v) is 8.43. The minimum Gasteiger partial charge on any atom is -0.497 e. The maximum atomic E-state index is 12.8. The Morgan fingerprint density at radius 2 is 1.83 bits per heavy atom. The van der Waals surface area contributed by atoms with Crippen LogP contribution in [0, 0.1) is 5.92 Å². The number of ether oxygens (including phenoxy) is 2. The lowest BCUT2D eigenvalue weighted by molar-refractivity contribution is -0.127. The van der Waals surface area contributed by atoms with Gasteiger partial charge in [-0.25, -0.2) is 0 Å². The second kappa shape index (κ2) is 10.1. The highest BCUT2D eigenvalue weighted by molar-refractivity contribution is 9.10. The molecule has 1 N–H and O–H groups in total. The van der Waals surface area contributed by atoms with E-state index in [1.165, 1.54) is 5.56 Å². The highest BCUT2D eigenvalue weighted by Gasteiger charge is 2.26. The molecule has 1 atom stereocenters. The summed E-state index contributed by atoms with van der Waals surface area (Å²) in [5.74, 6) is 1.67. The van der Waals surface area contributed by atoms with E-state index in [0.717, 1.165) is 54.0 Å². The number of carbonyl (C=O) groups excluding carboxylic acids is 1. The molecule has 1 amide bonds. The van der Waals surface area contributed by atoms with Crippen molar-refractivity contribution in [3.05, 3.63) is 58.1 Å². The van der Waals surface area contributed by atoms with E-state index in [1.807, 2.05) is 25.1 Å². The molecule has 1 aliphatic heterocycles. The van der Waals surface area contributed by atoms with E-state index in [4.69, 9.17) is 9.47 Å². The van der Waals surface area contributed by atoms with E-state index in [1.54, 1.807) is 14.2 Å². The van der Waals surface area contributed by atoms with Gasteiger partial charge in [0.15, 0.2) is 0 Å². The SMILES string of the molecule is COc1ccc(OC)c([C@H](C)NC(=O)C2CCN(Cc3ccc(Br)cc3)CC2)c1. The van der Waals surface area contributed by atoms with Gasteiger partial charge in [0.1, 0.15) is 11.5 Å². The number of carbonyl (C=O) groups is 1. The number of nitrogens with one attached hydrogen (secondary N) is 1. The van der Waals surface area contributed by atoms with Gasteiger partial charge in [-0.2, -0.15) is 0 Å². The number of piperidine rings is 1. The Morgan fingerprint density at radius 1 is 1.14 bits per heavy atom. The van der Waals surface area contributed by atoms with Gasteiger partial charge in [-0.05, 0) is 68.8 Å². The topological polar surface area (TPSA) is 50.8 Å². The Kier molecular flexibility index (Phi) is 7.56. The number of nitrogens with zero attached hydrogens (tertiary/aromatic N) is 1. The predicted molar refractivity (Wildman–Crippen MR) is 118 cm³/mol. The first-order valence-electron chi connectivity index (χ1n) is 9.99. The molecule has 156 valence electrons. The molecule has 0 bridgehead atoms. The third-order valence-electron chi connectivity index (χ3n) is 5.54. The largest absolute Gasteiger partial charge is 0.497 e. The van der Waals surface area contributed by atoms with Gasteiger partial charge in [0, 0.05) is 22.5 Å². The van der Waals surface area contributed by atoms with Crippen molar-refractivity contribution in [2.75, 3.05) is 27.3 Å². The van der Waals surface area contributed by atoms with Crippen molar-refractivity contribution in [2.45, 2.75) is 32.4 Å². The lowest BCUT2D eigenvalue weighted by Gasteiger charge is -2.32. The minimum atomic E-state index is -0.145. The highest BCUT2D eigenvalue weighted by Crippen LogP contribution is 2.30. The first kappa shape index (κ1) is 21.7. The van der Waals surface area contributed by atoms with Gasteiger partial charge in [0.2, 0.25) is 5.91 Å². The first-order valence-corrected chi connectivity index (χ1v) is 10.8. The lowest BCUT2D eigenvalue weighted by Crippen LogP contribution is -2.40. The molecule has 3 rings (SSSR count). The summed E-state index contributed by atoms with van der Waals surface area (Å²) in [6.45, 7) is 4.78. The molecule has 0 aliphatic carbocycles. The standard InChI is InChI=1S/C23H29BrN2O3/c1-16(21-14-20(28-2)8-9-22(21)29-3)25-23(27)18-10-12-26(13-11-18)15-17-4-6-19(24)7-5-17/h4-9,14,16,18H,10-13,15H2,1-3H3,(H,25,27)/t16-/m0/s1. The molecule has 5 nitrogen and oxygen atoms in total. The van der Waals surface area contributed by atoms with Gasteiger partial charge in [0.05, 0.1) is 20.3 Å². The second-order valence-electron chi connectivity index (χ2n) is 7.52. The Balaban J connectivity index is 1.53. The molecule has 0 aromatic heterocycles. The number of benzene rings is 2. The van der Waals surface area contributed by atoms with Crippen molar-refractivity contribution in [2.24, 2.45) is 5.92 Å². The molecule has 29 heavy (non-hydrogen) atoms. The minimum absolute atomic E-state index is 0.0511. The van der Waals surface area contributed by atoms with Crippen LogP contribution in [0.4, 0.5) is 0 Å². The van der Waals surface area contributed by atoms with Crippen molar-refractivity contribution in [1.29, 1.82) is 0 Å². The maximum Gasteiger partial charge on any atom is 0.223 e. The van der Waals surface area contributed by atoms with Crippen molar-refractivity contribution >= 4 is 21.8 Å². The highest BCUT2D eigenvalue weighted by atomic mass is 79.9. The van der Waals surface area contributed by atoms with Crippen molar-refractivity contribution in [1.82, 2.24) is 10.2 Å². The van der Waals surface area contributed by atoms with E-state index in [-0.39, 0.29) is 17.9 Å². The molecule has 1 heterocycles. The van der Waals surface area contributed by atoms with Crippen LogP contribution in [0.25, 0.3) is 0 Å². The number of methoxy groups -OCH3 is 2. The average Bonchev–Trinajstić information content (AvgIpc) is 2.75. The predicted octanol–water partition coefficient (Wildman–Crippen LogP) is 4.56. The van der Waals surface area contributed by atoms with Crippen LogP contribution in [-0.2, 0) is 11.3 Å². The molecule has 0 unspecified atom stereocenters. The summed E-state index contributed by atoms with van der Waals surface area (Å²) in [7, 11) is 3.28. The molecule has 2 aromatic carbocycles. The molecule has 0 spiro atoms. The summed E-state index contributed by atoms with van der Waals surface area (Å²) in [5.41, 5.74) is 2.22. The van der Waals surface area contributed by atoms with E-state index in [2.05, 4.69) is 50.4 Å². The molecule has 0 radical (unpaired) electrons. The van der Waals surface area contributed by atoms with Crippen molar-refractivity contribution in [3.63, 3.8) is 0 Å². The average molecular weight is 461 g/mol. The number of hydrogen-bond acceptors (Lipinski definition) is 4. The summed E-state index contributed by atoms with van der Waals surface area (Å²) in [6, 6.07) is 13.9. The number of amides is 1. The Hall–Kier alpha value is -2.05. The summed E-state index contributed by atoms with van der Waals surface area (Å²) in [4.78, 5) is 15.2. The Morgan fingerprint density at radius 3 is 2.45 bits per heavy atom. The molecule has 1 saturated heterocycles. The molecule has 6 heteroatoms. The number of hydrogen-bond donors (Lipinski definition) is 1. The molecular weight excluding hydrogens is 432 g/mol. The fraction of sp³-hybridized carbons (Fsp3) is 0.435. The van der Waals surface area contributed by atoms with Crippen LogP contribution in [0.5, 0.6) is 11.5 Å². The summed E-state index contributed by atoms with van der Waals surface area (Å²) in [5, 5.41) is 3.16. The van der Waals surface area contributed by atoms with Crippen molar-refractivity contribution in [3.8, 4) is 11.5 Å². The first-order chi connectivity index (χ1) is 14.0. The fourth-order valence-electron chi connectivity index (χ4n) is 3.79. The zero-order valence-corrected chi connectivity index (χ0v) is 18.9. The van der Waals surface area contributed by atoms with Gasteiger partial charge in [-0.15, -0.1) is 0 Å². The van der Waals surface area contributed by atoms with Crippen LogP contribution in [0.1, 0.15) is 36.9 Å². The maximum absolute atomic E-state index is 12.8. The number of likely N-dealkylation sites (tertiary alicyclic amines) is 1. The summed E-state index contributed by atoms with van der Waals surface area (Å²) >= 11 is 3.47. The van der Waals surface area contributed by atoms with Gasteiger partial charge >= 0.3 is 0 Å². The monoisotopic (exact) mass is 460 g/mol. The third kappa shape index (κ3) is 5.73. The summed E-state index contributed by atoms with van der Waals surface area (Å²) < 4.78 is 11.9. The normalized spacial score (nSPS) is 16.3. The number of halogens is 1. The molecule has 2 aromatic rings. The van der Waals surface area contributed by atoms with E-state index < -0.39 is 0 Å². The molecule has 1 aliphatic rings. The van der Waals surface area contributed by atoms with Crippen LogP contribution in [0.15, 0.2) is 46.9 Å². The zero-order chi connectivity index (χ0) is 20.8. The van der Waals surface area contributed by atoms with Crippen LogP contribution in [0.2, 0.25) is 0 Å². The third-order valence-corrected chi connectivity index (χ3v) is 6.07. The Labute approximate surface area is 181 Å². The molecular formula is C23H29BrN2O3. The van der Waals surface area contributed by atoms with Crippen LogP contribution in [-0.4, -0.2) is 38.1 Å². The van der Waals surface area contributed by atoms with Gasteiger partial charge in [0.25, 0.3) is 0 Å². The molecule has 1 fully saturated rings. The van der Waals surface area contributed by atoms with E-state index >= 15 is 0 Å². The summed E-state index contributed by atoms with van der Waals surface area (Å²) in [6.07, 6.45) is 1.76. The Bertz CT molecular complexity index is 817. The van der Waals surface area contributed by atoms with E-state index in [0.29, 0.717) is 0 Å². The van der Waals surface area contributed by atoms with Gasteiger partial charge in [-0.3, -0.25) is 9.69 Å². The smallest absolute Gasteiger partial charge is 0.223 e. The van der Waals surface area contributed by atoms with Crippen LogP contribution >= 0.6 is 15.9 Å². The fourth-order valence-corrected chi connectivity index (χ4v) is 4.05. The lowest BCUT2D eigenvalue weighted by atomic mass is 9.94. The van der Waals surface area contributed by atoms with Gasteiger partial charge in [-0.1, -0.05) is 28.1 Å². The van der Waals surface area contributed by atoms with E-state index in [9.17, 15) is 4.79 Å².